The molecule has 0 aliphatic carbocycles. The van der Waals surface area contributed by atoms with E-state index in [1.807, 2.05) is 23.9 Å². The monoisotopic (exact) mass is 405 g/mol. The molecule has 1 aliphatic rings. The number of ether oxygens (including phenoxy) is 2. The number of hydrogen-bond donors (Lipinski definition) is 0. The smallest absolute Gasteiger partial charge is 0.257 e. The van der Waals surface area contributed by atoms with Gasteiger partial charge >= 0.3 is 0 Å². The van der Waals surface area contributed by atoms with E-state index < -0.39 is 0 Å². The van der Waals surface area contributed by atoms with E-state index in [9.17, 15) is 4.79 Å². The van der Waals surface area contributed by atoms with Gasteiger partial charge in [-0.25, -0.2) is 4.98 Å². The summed E-state index contributed by atoms with van der Waals surface area (Å²) in [4.78, 5) is 19.1. The summed E-state index contributed by atoms with van der Waals surface area (Å²) < 4.78 is 13.1. The molecule has 0 saturated carbocycles. The molecule has 3 aromatic rings. The fourth-order valence-electron chi connectivity index (χ4n) is 3.17. The lowest BCUT2D eigenvalue weighted by atomic mass is 10.1. The minimum atomic E-state index is -0.0602. The third-order valence-electron chi connectivity index (χ3n) is 4.45. The van der Waals surface area contributed by atoms with E-state index in [-0.39, 0.29) is 5.91 Å². The number of carbonyl (C=O) groups excluding carboxylic acids is 1. The van der Waals surface area contributed by atoms with Gasteiger partial charge in [-0.3, -0.25) is 4.79 Å². The van der Waals surface area contributed by atoms with Crippen LogP contribution in [0.25, 0.3) is 10.9 Å². The SMILES string of the molecule is Cn1ccc2c(Oc3cc(Cl)cc(Cl)c3)ncc(C(=O)N3CCOCC3)c21. The van der Waals surface area contributed by atoms with E-state index in [4.69, 9.17) is 32.7 Å². The van der Waals surface area contributed by atoms with Crippen molar-refractivity contribution < 1.29 is 14.3 Å². The number of carbonyl (C=O) groups is 1. The van der Waals surface area contributed by atoms with Gasteiger partial charge in [0.2, 0.25) is 5.88 Å². The lowest BCUT2D eigenvalue weighted by Gasteiger charge is -2.27. The first-order chi connectivity index (χ1) is 13.0. The molecule has 1 aliphatic heterocycles. The van der Waals surface area contributed by atoms with Crippen LogP contribution in [-0.2, 0) is 11.8 Å². The first-order valence-corrected chi connectivity index (χ1v) is 9.23. The van der Waals surface area contributed by atoms with Crippen molar-refractivity contribution in [2.45, 2.75) is 0 Å². The molecule has 8 heteroatoms. The van der Waals surface area contributed by atoms with Gasteiger partial charge in [0.15, 0.2) is 0 Å². The summed E-state index contributed by atoms with van der Waals surface area (Å²) in [6.45, 7) is 2.24. The molecule has 0 atom stereocenters. The number of rotatable bonds is 3. The summed E-state index contributed by atoms with van der Waals surface area (Å²) in [6, 6.07) is 6.83. The standard InChI is InChI=1S/C19H17Cl2N3O3/c1-23-3-2-15-17(23)16(19(25)24-4-6-26-7-5-24)11-22-18(15)27-14-9-12(20)8-13(21)10-14/h2-3,8-11H,4-7H2,1H3. The zero-order chi connectivity index (χ0) is 19.0. The number of benzene rings is 1. The van der Waals surface area contributed by atoms with Crippen molar-refractivity contribution in [2.24, 2.45) is 7.05 Å². The summed E-state index contributed by atoms with van der Waals surface area (Å²) in [7, 11) is 1.89. The highest BCUT2D eigenvalue weighted by Crippen LogP contribution is 2.33. The van der Waals surface area contributed by atoms with Crippen molar-refractivity contribution in [3.05, 3.63) is 52.3 Å². The topological polar surface area (TPSA) is 56.6 Å². The highest BCUT2D eigenvalue weighted by Gasteiger charge is 2.23. The molecule has 27 heavy (non-hydrogen) atoms. The Bertz CT molecular complexity index is 993. The lowest BCUT2D eigenvalue weighted by Crippen LogP contribution is -2.40. The minimum Gasteiger partial charge on any atom is -0.438 e. The molecular weight excluding hydrogens is 389 g/mol. The second kappa shape index (κ2) is 7.38. The van der Waals surface area contributed by atoms with Crippen LogP contribution in [0.2, 0.25) is 10.0 Å². The predicted octanol–water partition coefficient (Wildman–Crippen LogP) is 4.14. The Kier molecular flexibility index (Phi) is 4.95. The van der Waals surface area contributed by atoms with Crippen LogP contribution in [0.3, 0.4) is 0 Å². The quantitative estimate of drug-likeness (QED) is 0.656. The number of halogens is 2. The molecule has 2 aromatic heterocycles. The maximum absolute atomic E-state index is 13.0. The van der Waals surface area contributed by atoms with Gasteiger partial charge in [-0.1, -0.05) is 23.2 Å². The Labute approximate surface area is 166 Å². The Morgan fingerprint density at radius 1 is 1.19 bits per heavy atom. The highest BCUT2D eigenvalue weighted by molar-refractivity contribution is 6.34. The molecular formula is C19H17Cl2N3O3. The van der Waals surface area contributed by atoms with Crippen LogP contribution in [0.5, 0.6) is 11.6 Å². The Hall–Kier alpha value is -2.28. The van der Waals surface area contributed by atoms with E-state index in [1.54, 1.807) is 29.3 Å². The zero-order valence-corrected chi connectivity index (χ0v) is 16.1. The Morgan fingerprint density at radius 2 is 1.89 bits per heavy atom. The number of aryl methyl sites for hydroxylation is 1. The van der Waals surface area contributed by atoms with Crippen molar-refractivity contribution in [3.63, 3.8) is 0 Å². The van der Waals surface area contributed by atoms with Gasteiger partial charge in [0.1, 0.15) is 5.75 Å². The summed E-state index contributed by atoms with van der Waals surface area (Å²) in [5.74, 6) is 0.815. The van der Waals surface area contributed by atoms with Crippen LogP contribution in [-0.4, -0.2) is 46.7 Å². The van der Waals surface area contributed by atoms with Crippen LogP contribution < -0.4 is 4.74 Å². The summed E-state index contributed by atoms with van der Waals surface area (Å²) in [5.41, 5.74) is 1.31. The second-order valence-electron chi connectivity index (χ2n) is 6.28. The average molecular weight is 406 g/mol. The van der Waals surface area contributed by atoms with E-state index in [0.29, 0.717) is 53.5 Å². The third-order valence-corrected chi connectivity index (χ3v) is 4.88. The van der Waals surface area contributed by atoms with Gasteiger partial charge < -0.3 is 18.9 Å². The molecule has 1 aromatic carbocycles. The number of nitrogens with zero attached hydrogens (tertiary/aromatic N) is 3. The third kappa shape index (κ3) is 3.60. The van der Waals surface area contributed by atoms with E-state index in [2.05, 4.69) is 4.98 Å². The average Bonchev–Trinajstić information content (AvgIpc) is 3.04. The molecule has 0 radical (unpaired) electrons. The van der Waals surface area contributed by atoms with Crippen molar-refractivity contribution >= 4 is 40.0 Å². The Balaban J connectivity index is 1.73. The molecule has 1 fully saturated rings. The van der Waals surface area contributed by atoms with Gasteiger partial charge in [-0.05, 0) is 24.3 Å². The normalized spacial score (nSPS) is 14.6. The molecule has 6 nitrogen and oxygen atoms in total. The molecule has 4 rings (SSSR count). The van der Waals surface area contributed by atoms with Crippen LogP contribution in [0.15, 0.2) is 36.7 Å². The summed E-state index contributed by atoms with van der Waals surface area (Å²) >= 11 is 12.1. The van der Waals surface area contributed by atoms with Gasteiger partial charge in [-0.15, -0.1) is 0 Å². The first-order valence-electron chi connectivity index (χ1n) is 8.48. The number of hydrogen-bond acceptors (Lipinski definition) is 4. The van der Waals surface area contributed by atoms with Crippen molar-refractivity contribution in [1.82, 2.24) is 14.5 Å². The van der Waals surface area contributed by atoms with E-state index in [0.717, 1.165) is 10.9 Å². The number of aromatic nitrogens is 2. The molecule has 3 heterocycles. The Morgan fingerprint density at radius 3 is 2.59 bits per heavy atom. The lowest BCUT2D eigenvalue weighted by molar-refractivity contribution is 0.0303. The van der Waals surface area contributed by atoms with Crippen molar-refractivity contribution in [2.75, 3.05) is 26.3 Å². The molecule has 0 N–H and O–H groups in total. The molecule has 140 valence electrons. The minimum absolute atomic E-state index is 0.0602. The van der Waals surface area contributed by atoms with Gasteiger partial charge in [0.05, 0.1) is 29.7 Å². The van der Waals surface area contributed by atoms with Gasteiger partial charge in [-0.2, -0.15) is 0 Å². The first kappa shape index (κ1) is 18.1. The maximum atomic E-state index is 13.0. The predicted molar refractivity (Wildman–Crippen MR) is 104 cm³/mol. The largest absolute Gasteiger partial charge is 0.438 e. The fourth-order valence-corrected chi connectivity index (χ4v) is 3.67. The number of fused-ring (bicyclic) bond motifs is 1. The summed E-state index contributed by atoms with van der Waals surface area (Å²) in [6.07, 6.45) is 3.43. The van der Waals surface area contributed by atoms with E-state index in [1.165, 1.54) is 0 Å². The maximum Gasteiger partial charge on any atom is 0.257 e. The molecule has 1 amide bonds. The van der Waals surface area contributed by atoms with Crippen LogP contribution in [0.4, 0.5) is 0 Å². The number of amides is 1. The van der Waals surface area contributed by atoms with Crippen LogP contribution >= 0.6 is 23.2 Å². The fraction of sp³-hybridized carbons (Fsp3) is 0.263. The van der Waals surface area contributed by atoms with E-state index >= 15 is 0 Å². The summed E-state index contributed by atoms with van der Waals surface area (Å²) in [5, 5.41) is 1.69. The molecule has 0 bridgehead atoms. The highest BCUT2D eigenvalue weighted by atomic mass is 35.5. The van der Waals surface area contributed by atoms with Gasteiger partial charge in [0, 0.05) is 42.6 Å². The van der Waals surface area contributed by atoms with Crippen molar-refractivity contribution in [3.8, 4) is 11.6 Å². The zero-order valence-electron chi connectivity index (χ0n) is 14.6. The molecule has 0 unspecified atom stereocenters. The number of pyridine rings is 1. The van der Waals surface area contributed by atoms with Crippen LogP contribution in [0.1, 0.15) is 10.4 Å². The van der Waals surface area contributed by atoms with Crippen molar-refractivity contribution in [1.29, 1.82) is 0 Å². The molecule has 1 saturated heterocycles. The second-order valence-corrected chi connectivity index (χ2v) is 7.15. The number of morpholine rings is 1. The van der Waals surface area contributed by atoms with Crippen LogP contribution in [0, 0.1) is 0 Å². The van der Waals surface area contributed by atoms with Gasteiger partial charge in [0.25, 0.3) is 5.91 Å². The molecule has 0 spiro atoms.